The molecule has 1 aromatic heterocycles. The third-order valence-corrected chi connectivity index (χ3v) is 6.87. The summed E-state index contributed by atoms with van der Waals surface area (Å²) < 4.78 is 17.1. The Bertz CT molecular complexity index is 1170. The molecule has 4 N–H and O–H groups in total. The lowest BCUT2D eigenvalue weighted by molar-refractivity contribution is -0.301. The fourth-order valence-corrected chi connectivity index (χ4v) is 4.92. The molecule has 3 unspecified atom stereocenters. The van der Waals surface area contributed by atoms with Gasteiger partial charge in [0.1, 0.15) is 6.04 Å². The molecule has 4 atom stereocenters. The number of nitrogens with one attached hydrogen (secondary N) is 3. The Morgan fingerprint density at radius 3 is 2.82 bits per heavy atom. The van der Waals surface area contributed by atoms with Crippen molar-refractivity contribution in [3.63, 3.8) is 0 Å². The van der Waals surface area contributed by atoms with Crippen molar-refractivity contribution in [1.29, 1.82) is 0 Å². The van der Waals surface area contributed by atoms with Crippen molar-refractivity contribution in [1.82, 2.24) is 15.6 Å². The Morgan fingerprint density at radius 1 is 1.21 bits per heavy atom. The van der Waals surface area contributed by atoms with Gasteiger partial charge in [0.05, 0.1) is 12.2 Å². The van der Waals surface area contributed by atoms with Crippen molar-refractivity contribution in [2.45, 2.75) is 83.0 Å². The van der Waals surface area contributed by atoms with Crippen LogP contribution in [0.1, 0.15) is 52.0 Å². The number of aliphatic hydroxyl groups is 1. The zero-order valence-electron chi connectivity index (χ0n) is 22.4. The molecular weight excluding hydrogens is 486 g/mol. The van der Waals surface area contributed by atoms with Gasteiger partial charge in [-0.25, -0.2) is 0 Å². The summed E-state index contributed by atoms with van der Waals surface area (Å²) in [5, 5.41) is 17.7. The van der Waals surface area contributed by atoms with E-state index in [1.165, 1.54) is 0 Å². The number of carbonyl (C=O) groups excluding carboxylic acids is 2. The fraction of sp³-hybridized carbons (Fsp3) is 0.517. The highest BCUT2D eigenvalue weighted by molar-refractivity contribution is 5.90. The van der Waals surface area contributed by atoms with Gasteiger partial charge in [0.25, 0.3) is 5.91 Å². The van der Waals surface area contributed by atoms with E-state index in [0.29, 0.717) is 25.8 Å². The zero-order chi connectivity index (χ0) is 27.1. The van der Waals surface area contributed by atoms with Crippen LogP contribution < -0.4 is 10.6 Å². The molecule has 206 valence electrons. The minimum absolute atomic E-state index is 0.121. The normalized spacial score (nSPS) is 23.1. The number of hydrogen-bond donors (Lipinski definition) is 4. The molecule has 0 bridgehead atoms. The molecular formula is C29H39N3O6. The van der Waals surface area contributed by atoms with Crippen molar-refractivity contribution in [3.8, 4) is 0 Å². The fourth-order valence-electron chi connectivity index (χ4n) is 4.92. The van der Waals surface area contributed by atoms with Crippen LogP contribution in [0, 0.1) is 0 Å². The predicted molar refractivity (Wildman–Crippen MR) is 144 cm³/mol. The number of fused-ring (bicyclic) bond motifs is 1. The molecule has 9 heteroatoms. The third kappa shape index (κ3) is 7.54. The lowest BCUT2D eigenvalue weighted by atomic mass is 9.98. The van der Waals surface area contributed by atoms with E-state index in [0.717, 1.165) is 34.9 Å². The molecule has 1 fully saturated rings. The molecule has 0 radical (unpaired) electrons. The highest BCUT2D eigenvalue weighted by atomic mass is 16.8. The molecule has 4 rings (SSSR count). The van der Waals surface area contributed by atoms with Gasteiger partial charge in [-0.15, -0.1) is 0 Å². The summed E-state index contributed by atoms with van der Waals surface area (Å²) in [4.78, 5) is 29.6. The standard InChI is InChI=1S/C29H39N3O6/c1-19-15-25(36-18-37-29(2,3)38-19)26(33)28(35)32-24(16-20-9-5-4-6-10-20)27(34)30-14-13-21-17-31-23-12-8-7-11-22(21)23/h5,7-12,17,19,24-26,31,33H,4,6,13-16,18H2,1-3H3,(H,30,34)(H,32,35)/t19?,24?,25-,26?/m0/s1. The molecule has 2 aliphatic rings. The van der Waals surface area contributed by atoms with Crippen LogP contribution in [-0.4, -0.2) is 65.4 Å². The van der Waals surface area contributed by atoms with E-state index in [2.05, 4.69) is 27.8 Å². The van der Waals surface area contributed by atoms with E-state index in [1.54, 1.807) is 13.8 Å². The summed E-state index contributed by atoms with van der Waals surface area (Å²) in [5.74, 6) is -1.79. The van der Waals surface area contributed by atoms with Gasteiger partial charge < -0.3 is 34.9 Å². The van der Waals surface area contributed by atoms with Gasteiger partial charge in [0, 0.05) is 36.5 Å². The Labute approximate surface area is 223 Å². The van der Waals surface area contributed by atoms with Crippen molar-refractivity contribution in [2.24, 2.45) is 0 Å². The van der Waals surface area contributed by atoms with Gasteiger partial charge in [0.15, 0.2) is 18.7 Å². The first kappa shape index (κ1) is 28.0. The number of para-hydroxylation sites is 1. The summed E-state index contributed by atoms with van der Waals surface area (Å²) >= 11 is 0. The molecule has 0 spiro atoms. The monoisotopic (exact) mass is 525 g/mol. The first-order valence-electron chi connectivity index (χ1n) is 13.3. The van der Waals surface area contributed by atoms with Crippen molar-refractivity contribution in [3.05, 3.63) is 59.8 Å². The summed E-state index contributed by atoms with van der Waals surface area (Å²) in [7, 11) is 0. The zero-order valence-corrected chi connectivity index (χ0v) is 22.4. The SMILES string of the molecule is CC1C[C@@H](C(O)C(=O)NC(CC2=CCCC=C2)C(=O)NCCc2c[nH]c3ccccc23)OCOC(C)(C)O1. The van der Waals surface area contributed by atoms with Crippen LogP contribution in [0.4, 0.5) is 0 Å². The largest absolute Gasteiger partial charge is 0.381 e. The van der Waals surface area contributed by atoms with Gasteiger partial charge in [-0.05, 0) is 57.2 Å². The number of H-pyrrole nitrogens is 1. The Morgan fingerprint density at radius 2 is 2.03 bits per heavy atom. The molecule has 38 heavy (non-hydrogen) atoms. The summed E-state index contributed by atoms with van der Waals surface area (Å²) in [6, 6.07) is 7.18. The van der Waals surface area contributed by atoms with Gasteiger partial charge in [-0.1, -0.05) is 36.4 Å². The highest BCUT2D eigenvalue weighted by Gasteiger charge is 2.35. The van der Waals surface area contributed by atoms with Gasteiger partial charge >= 0.3 is 0 Å². The molecule has 1 aromatic carbocycles. The van der Waals surface area contributed by atoms with Gasteiger partial charge in [0.2, 0.25) is 5.91 Å². The number of aromatic nitrogens is 1. The van der Waals surface area contributed by atoms with Gasteiger partial charge in [-0.3, -0.25) is 9.59 Å². The van der Waals surface area contributed by atoms with E-state index in [9.17, 15) is 14.7 Å². The van der Waals surface area contributed by atoms with Crippen molar-refractivity contribution < 1.29 is 28.9 Å². The molecule has 2 heterocycles. The van der Waals surface area contributed by atoms with E-state index in [4.69, 9.17) is 14.2 Å². The van der Waals surface area contributed by atoms with Crippen LogP contribution in [-0.2, 0) is 30.2 Å². The number of aliphatic hydroxyl groups excluding tert-OH is 1. The first-order valence-corrected chi connectivity index (χ1v) is 13.3. The maximum Gasteiger partial charge on any atom is 0.252 e. The Balaban J connectivity index is 1.38. The predicted octanol–water partition coefficient (Wildman–Crippen LogP) is 3.24. The average Bonchev–Trinajstić information content (AvgIpc) is 3.29. The van der Waals surface area contributed by atoms with Crippen LogP contribution in [0.2, 0.25) is 0 Å². The van der Waals surface area contributed by atoms with Crippen LogP contribution in [0.25, 0.3) is 10.9 Å². The Kier molecular flexibility index (Phi) is 9.38. The summed E-state index contributed by atoms with van der Waals surface area (Å²) in [5.41, 5.74) is 3.13. The van der Waals surface area contributed by atoms with E-state index < -0.39 is 29.9 Å². The molecule has 0 saturated carbocycles. The van der Waals surface area contributed by atoms with Crippen LogP contribution in [0.3, 0.4) is 0 Å². The van der Waals surface area contributed by atoms with Crippen LogP contribution >= 0.6 is 0 Å². The lowest BCUT2D eigenvalue weighted by Crippen LogP contribution is -2.53. The number of rotatable bonds is 9. The quantitative estimate of drug-likeness (QED) is 0.399. The molecule has 2 aromatic rings. The number of hydrogen-bond acceptors (Lipinski definition) is 6. The van der Waals surface area contributed by atoms with E-state index >= 15 is 0 Å². The summed E-state index contributed by atoms with van der Waals surface area (Å²) in [6.45, 7) is 5.70. The van der Waals surface area contributed by atoms with Crippen LogP contribution in [0.5, 0.6) is 0 Å². The first-order chi connectivity index (χ1) is 18.2. The molecule has 1 aliphatic heterocycles. The summed E-state index contributed by atoms with van der Waals surface area (Å²) in [6.07, 6.45) is 8.56. The maximum atomic E-state index is 13.2. The number of benzene rings is 1. The molecule has 1 aliphatic carbocycles. The maximum absolute atomic E-state index is 13.2. The third-order valence-electron chi connectivity index (χ3n) is 6.87. The highest BCUT2D eigenvalue weighted by Crippen LogP contribution is 2.23. The number of aromatic amines is 1. The Hall–Kier alpha value is -2.98. The topological polar surface area (TPSA) is 122 Å². The number of allylic oxidation sites excluding steroid dienone is 3. The molecule has 2 amide bonds. The second-order valence-electron chi connectivity index (χ2n) is 10.4. The second-order valence-corrected chi connectivity index (χ2v) is 10.4. The smallest absolute Gasteiger partial charge is 0.252 e. The number of ether oxygens (including phenoxy) is 3. The minimum atomic E-state index is -1.48. The van der Waals surface area contributed by atoms with Crippen molar-refractivity contribution in [2.75, 3.05) is 13.3 Å². The van der Waals surface area contributed by atoms with Crippen LogP contribution in [0.15, 0.2) is 54.3 Å². The van der Waals surface area contributed by atoms with E-state index in [-0.39, 0.29) is 18.8 Å². The molecule has 9 nitrogen and oxygen atoms in total. The average molecular weight is 526 g/mol. The molecule has 1 saturated heterocycles. The minimum Gasteiger partial charge on any atom is -0.381 e. The second kappa shape index (κ2) is 12.7. The lowest BCUT2D eigenvalue weighted by Gasteiger charge is -2.35. The van der Waals surface area contributed by atoms with E-state index in [1.807, 2.05) is 43.5 Å². The van der Waals surface area contributed by atoms with Crippen molar-refractivity contribution >= 4 is 22.7 Å². The number of amides is 2. The van der Waals surface area contributed by atoms with Gasteiger partial charge in [-0.2, -0.15) is 0 Å². The number of carbonyl (C=O) groups is 2.